The van der Waals surface area contributed by atoms with E-state index in [1.54, 1.807) is 31.5 Å². The first-order chi connectivity index (χ1) is 41.0. The zero-order valence-corrected chi connectivity index (χ0v) is 52.2. The van der Waals surface area contributed by atoms with E-state index in [0.29, 0.717) is 15.6 Å². The largest absolute Gasteiger partial charge is 0.479 e. The Bertz CT molecular complexity index is 4560. The van der Waals surface area contributed by atoms with Crippen molar-refractivity contribution in [2.75, 3.05) is 6.61 Å². The van der Waals surface area contributed by atoms with Crippen LogP contribution >= 0.6 is 45.9 Å². The van der Waals surface area contributed by atoms with Gasteiger partial charge in [-0.3, -0.25) is 9.36 Å². The molecule has 1 N–H and O–H groups in total. The van der Waals surface area contributed by atoms with Crippen molar-refractivity contribution in [3.8, 4) is 65.9 Å². The van der Waals surface area contributed by atoms with Crippen molar-refractivity contribution in [1.29, 1.82) is 0 Å². The molecule has 16 nitrogen and oxygen atoms in total. The highest BCUT2D eigenvalue weighted by molar-refractivity contribution is 7.22. The van der Waals surface area contributed by atoms with Crippen LogP contribution in [-0.4, -0.2) is 84.8 Å². The SMILES string of the molecule is CCOC(=O)[C@@H](OC(C)(C)C)c1c(C)cc2nc(-c3cnnc(-c4ccc5c(cnn5C)c4)c3)sc2c1-c1ccc(Cl)cc1.Cc1cc2nc(-c3cnnc(-c4ccc5c(cnn5C)c4)c3)sc2c(-c2ccc(Cl)cc2)c1[C@H](OC(C)(C)C)C(=O)O. The third kappa shape index (κ3) is 12.4. The summed E-state index contributed by atoms with van der Waals surface area (Å²) in [6.45, 7) is 17.3. The highest BCUT2D eigenvalue weighted by Gasteiger charge is 2.35. The van der Waals surface area contributed by atoms with E-state index in [1.807, 2.05) is 182 Å². The van der Waals surface area contributed by atoms with Crippen molar-refractivity contribution in [2.24, 2.45) is 14.1 Å². The third-order valence-corrected chi connectivity index (χ3v) is 17.0. The second-order valence-electron chi connectivity index (χ2n) is 22.8. The molecule has 2 atom stereocenters. The quantitative estimate of drug-likeness (QED) is 0.107. The molecule has 12 aromatic rings. The van der Waals surface area contributed by atoms with E-state index in [-0.39, 0.29) is 6.61 Å². The Labute approximate surface area is 514 Å². The Morgan fingerprint density at radius 2 is 0.965 bits per heavy atom. The van der Waals surface area contributed by atoms with Crippen molar-refractivity contribution in [3.63, 3.8) is 0 Å². The van der Waals surface area contributed by atoms with Gasteiger partial charge in [-0.1, -0.05) is 59.6 Å². The van der Waals surface area contributed by atoms with Gasteiger partial charge in [0, 0.05) is 79.4 Å². The molecule has 0 saturated heterocycles. The molecule has 20 heteroatoms. The van der Waals surface area contributed by atoms with Crippen LogP contribution in [0.4, 0.5) is 0 Å². The highest BCUT2D eigenvalue weighted by atomic mass is 35.5. The summed E-state index contributed by atoms with van der Waals surface area (Å²) < 4.78 is 23.5. The minimum absolute atomic E-state index is 0.246. The number of carboxylic acids is 1. The van der Waals surface area contributed by atoms with Crippen molar-refractivity contribution in [1.82, 2.24) is 49.9 Å². The normalized spacial score (nSPS) is 12.7. The van der Waals surface area contributed by atoms with E-state index in [2.05, 4.69) is 36.7 Å². The molecule has 6 aromatic carbocycles. The number of hydrogen-bond donors (Lipinski definition) is 1. The zero-order chi connectivity index (χ0) is 60.9. The minimum Gasteiger partial charge on any atom is -0.479 e. The van der Waals surface area contributed by atoms with Gasteiger partial charge in [0.2, 0.25) is 0 Å². The first-order valence-electron chi connectivity index (χ1n) is 27.7. The molecule has 0 aliphatic carbocycles. The summed E-state index contributed by atoms with van der Waals surface area (Å²) in [7, 11) is 3.83. The van der Waals surface area contributed by atoms with E-state index >= 15 is 0 Å². The Morgan fingerprint density at radius 3 is 1.37 bits per heavy atom. The first kappa shape index (κ1) is 59.4. The smallest absolute Gasteiger partial charge is 0.339 e. The number of hydrogen-bond acceptors (Lipinski definition) is 15. The van der Waals surface area contributed by atoms with Gasteiger partial charge in [0.1, 0.15) is 10.0 Å². The Hall–Kier alpha value is -8.36. The lowest BCUT2D eigenvalue weighted by molar-refractivity contribution is -0.166. The summed E-state index contributed by atoms with van der Waals surface area (Å²) in [4.78, 5) is 36.1. The summed E-state index contributed by atoms with van der Waals surface area (Å²) in [5.41, 5.74) is 13.7. The third-order valence-electron chi connectivity index (χ3n) is 14.2. The van der Waals surface area contributed by atoms with Crippen LogP contribution in [0.15, 0.2) is 134 Å². The molecule has 0 saturated carbocycles. The summed E-state index contributed by atoms with van der Waals surface area (Å²) in [6.07, 6.45) is 4.98. The number of benzene rings is 6. The lowest BCUT2D eigenvalue weighted by Crippen LogP contribution is -2.29. The van der Waals surface area contributed by atoms with Crippen LogP contribution in [0.5, 0.6) is 0 Å². The zero-order valence-electron chi connectivity index (χ0n) is 49.1. The van der Waals surface area contributed by atoms with Gasteiger partial charge in [-0.25, -0.2) is 19.6 Å². The number of carboxylic acid groups (broad SMARTS) is 1. The molecule has 436 valence electrons. The molecular formula is C66H60Cl2N10O6S2. The van der Waals surface area contributed by atoms with Gasteiger partial charge in [-0.15, -0.1) is 22.7 Å². The topological polar surface area (TPSA) is 195 Å². The van der Waals surface area contributed by atoms with Crippen molar-refractivity contribution < 1.29 is 28.9 Å². The van der Waals surface area contributed by atoms with E-state index in [1.165, 1.54) is 22.7 Å². The minimum atomic E-state index is -1.18. The van der Waals surface area contributed by atoms with E-state index in [4.69, 9.17) is 47.4 Å². The Morgan fingerprint density at radius 1 is 0.558 bits per heavy atom. The van der Waals surface area contributed by atoms with Crippen LogP contribution in [0.1, 0.15) is 82.9 Å². The van der Waals surface area contributed by atoms with Gasteiger partial charge >= 0.3 is 11.9 Å². The molecule has 0 spiro atoms. The van der Waals surface area contributed by atoms with Crippen LogP contribution in [0, 0.1) is 13.8 Å². The molecular weight excluding hydrogens is 1160 g/mol. The van der Waals surface area contributed by atoms with Gasteiger partial charge in [0.05, 0.1) is 85.5 Å². The lowest BCUT2D eigenvalue weighted by Gasteiger charge is -2.29. The summed E-state index contributed by atoms with van der Waals surface area (Å²) >= 11 is 15.5. The molecule has 6 aromatic heterocycles. The van der Waals surface area contributed by atoms with Gasteiger partial charge in [-0.2, -0.15) is 30.6 Å². The van der Waals surface area contributed by atoms with Gasteiger partial charge < -0.3 is 19.3 Å². The van der Waals surface area contributed by atoms with Gasteiger partial charge in [0.25, 0.3) is 0 Å². The van der Waals surface area contributed by atoms with Crippen LogP contribution < -0.4 is 0 Å². The maximum absolute atomic E-state index is 13.4. The second kappa shape index (κ2) is 23.8. The predicted molar refractivity (Wildman–Crippen MR) is 343 cm³/mol. The second-order valence-corrected chi connectivity index (χ2v) is 25.6. The number of rotatable bonds is 13. The maximum Gasteiger partial charge on any atom is 0.339 e. The molecule has 12 rings (SSSR count). The number of fused-ring (bicyclic) bond motifs is 4. The van der Waals surface area contributed by atoms with Crippen molar-refractivity contribution in [3.05, 3.63) is 166 Å². The lowest BCUT2D eigenvalue weighted by atomic mass is 9.91. The summed E-state index contributed by atoms with van der Waals surface area (Å²) in [5.74, 6) is -1.49. The number of esters is 1. The average Bonchev–Trinajstić information content (AvgIpc) is 1.58. The number of aromatic nitrogens is 10. The number of carbonyl (C=O) groups excluding carboxylic acids is 1. The van der Waals surface area contributed by atoms with E-state index < -0.39 is 35.3 Å². The van der Waals surface area contributed by atoms with E-state index in [9.17, 15) is 14.7 Å². The maximum atomic E-state index is 13.4. The Balaban J connectivity index is 0.000000179. The fourth-order valence-electron chi connectivity index (χ4n) is 10.4. The van der Waals surface area contributed by atoms with E-state index in [0.717, 1.165) is 125 Å². The van der Waals surface area contributed by atoms with Gasteiger partial charge in [-0.05, 0) is 157 Å². The number of aliphatic carboxylic acids is 1. The van der Waals surface area contributed by atoms with Crippen LogP contribution in [0.3, 0.4) is 0 Å². The Kier molecular flexibility index (Phi) is 16.5. The molecule has 86 heavy (non-hydrogen) atoms. The number of ether oxygens (including phenoxy) is 3. The fourth-order valence-corrected chi connectivity index (χ4v) is 12.9. The molecule has 0 aliphatic rings. The monoisotopic (exact) mass is 1220 g/mol. The first-order valence-corrected chi connectivity index (χ1v) is 30.0. The van der Waals surface area contributed by atoms with Crippen LogP contribution in [-0.2, 0) is 37.9 Å². The molecule has 0 aliphatic heterocycles. The highest BCUT2D eigenvalue weighted by Crippen LogP contribution is 2.47. The number of thiazole rings is 2. The molecule has 0 radical (unpaired) electrons. The van der Waals surface area contributed by atoms with Crippen molar-refractivity contribution in [2.45, 2.75) is 85.7 Å². The fraction of sp³-hybridized carbons (Fsp3) is 0.242. The number of nitrogens with zero attached hydrogens (tertiary/aromatic N) is 10. The number of halogens is 2. The average molecular weight is 1220 g/mol. The van der Waals surface area contributed by atoms with Crippen molar-refractivity contribution >= 4 is 100 Å². The predicted octanol–water partition coefficient (Wildman–Crippen LogP) is 16.2. The molecule has 0 unspecified atom stereocenters. The number of carbonyl (C=O) groups is 2. The summed E-state index contributed by atoms with van der Waals surface area (Å²) in [5, 5.41) is 41.2. The van der Waals surface area contributed by atoms with Crippen LogP contribution in [0.25, 0.3) is 108 Å². The standard InChI is InChI=1S/C34H32ClN5O3S.C32H28ClN5O3S/c1-7-42-33(41)30(43-34(3,4)5)28-19(2)14-26-31(29(28)20-8-11-24(35)12-9-20)44-32(38-26)23-16-25(39-36-17-23)21-10-13-27-22(15-21)18-37-40(27)6;1-17-12-24-29(27(18-6-9-22(33)10-7-18)26(17)28(31(39)40)41-32(2,3)4)42-30(36-24)21-14-23(37-34-15-21)19-8-11-25-20(13-19)16-35-38(25)5/h8-18,30H,7H2,1-6H3;6-16,28H,1-5H3,(H,39,40)/t30-;28-/m00/s1. The molecule has 0 fully saturated rings. The van der Waals surface area contributed by atoms with Crippen LogP contribution in [0.2, 0.25) is 10.0 Å². The molecule has 0 amide bonds. The molecule has 6 heterocycles. The summed E-state index contributed by atoms with van der Waals surface area (Å²) in [6, 6.07) is 35.1. The van der Waals surface area contributed by atoms with Gasteiger partial charge in [0.15, 0.2) is 12.2 Å². The molecule has 0 bridgehead atoms. The number of aryl methyl sites for hydroxylation is 4.